The molecular weight excluding hydrogens is 238 g/mol. The van der Waals surface area contributed by atoms with Crippen molar-refractivity contribution in [3.8, 4) is 0 Å². The summed E-state index contributed by atoms with van der Waals surface area (Å²) in [7, 11) is 0. The average Bonchev–Trinajstić information content (AvgIpc) is 2.70. The van der Waals surface area contributed by atoms with Gasteiger partial charge in [-0.1, -0.05) is 27.7 Å². The topological polar surface area (TPSA) is 53.1 Å². The van der Waals surface area contributed by atoms with E-state index < -0.39 is 5.97 Å². The van der Waals surface area contributed by atoms with Gasteiger partial charge in [0.1, 0.15) is 0 Å². The fourth-order valence-corrected chi connectivity index (χ4v) is 1.87. The molecule has 19 heavy (non-hydrogen) atoms. The third kappa shape index (κ3) is 3.60. The molecule has 0 aliphatic carbocycles. The Bertz CT molecular complexity index is 553. The lowest BCUT2D eigenvalue weighted by Crippen LogP contribution is -1.97. The van der Waals surface area contributed by atoms with Crippen LogP contribution in [-0.2, 0) is 0 Å². The number of nitrogens with one attached hydrogen (secondary N) is 1. The predicted octanol–water partition coefficient (Wildman–Crippen LogP) is 4.84. The van der Waals surface area contributed by atoms with Crippen molar-refractivity contribution < 1.29 is 9.90 Å². The molecule has 2 rings (SSSR count). The number of benzene rings is 1. The molecule has 0 saturated heterocycles. The summed E-state index contributed by atoms with van der Waals surface area (Å²) in [5, 5.41) is 9.89. The zero-order chi connectivity index (χ0) is 15.2. The number of hydrogen-bond donors (Lipinski definition) is 2. The molecular formula is C16H25NO2. The van der Waals surface area contributed by atoms with Gasteiger partial charge in [0.2, 0.25) is 0 Å². The first-order valence-corrected chi connectivity index (χ1v) is 6.83. The molecule has 106 valence electrons. The van der Waals surface area contributed by atoms with Crippen molar-refractivity contribution in [1.29, 1.82) is 0 Å². The van der Waals surface area contributed by atoms with Crippen LogP contribution in [0.1, 0.15) is 54.9 Å². The standard InChI is InChI=1S/C12H13NO2.2C2H6/c1-6-4-9-10(5-7(6)2)13-8(3)11(9)12(14)15;2*1-2/h4-5,13H,1-3H3,(H,14,15);2*1-2H3. The maximum absolute atomic E-state index is 11.1. The van der Waals surface area contributed by atoms with Crippen LogP contribution in [-0.4, -0.2) is 16.1 Å². The second-order valence-corrected chi connectivity index (χ2v) is 3.91. The van der Waals surface area contributed by atoms with Gasteiger partial charge in [0.15, 0.2) is 0 Å². The monoisotopic (exact) mass is 263 g/mol. The lowest BCUT2D eigenvalue weighted by atomic mass is 10.0. The number of carboxylic acid groups (broad SMARTS) is 1. The van der Waals surface area contributed by atoms with E-state index in [9.17, 15) is 4.79 Å². The Morgan fingerprint density at radius 1 is 1.00 bits per heavy atom. The van der Waals surface area contributed by atoms with Crippen molar-refractivity contribution >= 4 is 16.9 Å². The molecule has 0 atom stereocenters. The molecule has 1 aromatic carbocycles. The van der Waals surface area contributed by atoms with Crippen LogP contribution in [0.4, 0.5) is 0 Å². The largest absolute Gasteiger partial charge is 0.478 e. The third-order valence-corrected chi connectivity index (χ3v) is 2.81. The van der Waals surface area contributed by atoms with Crippen molar-refractivity contribution in [2.24, 2.45) is 0 Å². The summed E-state index contributed by atoms with van der Waals surface area (Å²) in [6.07, 6.45) is 0. The number of fused-ring (bicyclic) bond motifs is 1. The van der Waals surface area contributed by atoms with E-state index >= 15 is 0 Å². The molecule has 0 spiro atoms. The minimum Gasteiger partial charge on any atom is -0.478 e. The van der Waals surface area contributed by atoms with Crippen LogP contribution in [0.15, 0.2) is 12.1 Å². The van der Waals surface area contributed by atoms with Gasteiger partial charge >= 0.3 is 5.97 Å². The number of carboxylic acids is 1. The zero-order valence-corrected chi connectivity index (χ0v) is 13.0. The van der Waals surface area contributed by atoms with Crippen molar-refractivity contribution in [1.82, 2.24) is 4.98 Å². The predicted molar refractivity (Wildman–Crippen MR) is 82.2 cm³/mol. The maximum atomic E-state index is 11.1. The molecule has 0 radical (unpaired) electrons. The number of carbonyl (C=O) groups is 1. The highest BCUT2D eigenvalue weighted by Gasteiger charge is 2.15. The quantitative estimate of drug-likeness (QED) is 0.773. The van der Waals surface area contributed by atoms with E-state index in [-0.39, 0.29) is 0 Å². The SMILES string of the molecule is CC.CC.Cc1cc2[nH]c(C)c(C(=O)O)c2cc1C. The highest BCUT2D eigenvalue weighted by molar-refractivity contribution is 6.05. The number of aromatic carboxylic acids is 1. The summed E-state index contributed by atoms with van der Waals surface area (Å²) in [5.74, 6) is -0.873. The Morgan fingerprint density at radius 2 is 1.47 bits per heavy atom. The first-order chi connectivity index (χ1) is 9.00. The average molecular weight is 263 g/mol. The van der Waals surface area contributed by atoms with E-state index in [1.165, 1.54) is 5.56 Å². The van der Waals surface area contributed by atoms with Gasteiger partial charge in [-0.05, 0) is 44.0 Å². The molecule has 1 aromatic heterocycles. The van der Waals surface area contributed by atoms with Crippen molar-refractivity contribution in [3.63, 3.8) is 0 Å². The molecule has 3 nitrogen and oxygen atoms in total. The fraction of sp³-hybridized carbons (Fsp3) is 0.438. The zero-order valence-electron chi connectivity index (χ0n) is 13.0. The fourth-order valence-electron chi connectivity index (χ4n) is 1.87. The van der Waals surface area contributed by atoms with Gasteiger partial charge in [-0.3, -0.25) is 0 Å². The smallest absolute Gasteiger partial charge is 0.338 e. The Kier molecular flexibility index (Phi) is 6.91. The van der Waals surface area contributed by atoms with E-state index in [2.05, 4.69) is 4.98 Å². The lowest BCUT2D eigenvalue weighted by molar-refractivity contribution is 0.0698. The molecule has 0 aliphatic rings. The first kappa shape index (κ1) is 17.2. The molecule has 0 unspecified atom stereocenters. The minimum atomic E-state index is -0.873. The van der Waals surface area contributed by atoms with Crippen LogP contribution >= 0.6 is 0 Å². The maximum Gasteiger partial charge on any atom is 0.338 e. The number of hydrogen-bond acceptors (Lipinski definition) is 1. The van der Waals surface area contributed by atoms with E-state index in [1.54, 1.807) is 6.92 Å². The molecule has 2 aromatic rings. The van der Waals surface area contributed by atoms with Crippen molar-refractivity contribution in [2.75, 3.05) is 0 Å². The van der Waals surface area contributed by atoms with Gasteiger partial charge < -0.3 is 10.1 Å². The van der Waals surface area contributed by atoms with E-state index in [0.29, 0.717) is 11.3 Å². The highest BCUT2D eigenvalue weighted by Crippen LogP contribution is 2.25. The van der Waals surface area contributed by atoms with Gasteiger partial charge in [0.05, 0.1) is 5.56 Å². The number of aromatic nitrogens is 1. The van der Waals surface area contributed by atoms with E-state index in [4.69, 9.17) is 5.11 Å². The molecule has 0 fully saturated rings. The van der Waals surface area contributed by atoms with Crippen LogP contribution < -0.4 is 0 Å². The lowest BCUT2D eigenvalue weighted by Gasteiger charge is -2.00. The molecule has 2 N–H and O–H groups in total. The van der Waals surface area contributed by atoms with Gasteiger partial charge in [0, 0.05) is 16.6 Å². The van der Waals surface area contributed by atoms with Crippen LogP contribution in [0.5, 0.6) is 0 Å². The minimum absolute atomic E-state index is 0.383. The van der Waals surface area contributed by atoms with Gasteiger partial charge in [-0.15, -0.1) is 0 Å². The summed E-state index contributed by atoms with van der Waals surface area (Å²) in [6.45, 7) is 13.8. The van der Waals surface area contributed by atoms with Crippen LogP contribution in [0.25, 0.3) is 10.9 Å². The summed E-state index contributed by atoms with van der Waals surface area (Å²) >= 11 is 0. The molecule has 0 amide bonds. The van der Waals surface area contributed by atoms with Gasteiger partial charge in [0.25, 0.3) is 0 Å². The normalized spacial score (nSPS) is 9.21. The number of H-pyrrole nitrogens is 1. The summed E-state index contributed by atoms with van der Waals surface area (Å²) in [5.41, 5.74) is 4.27. The Labute approximate surface area is 115 Å². The van der Waals surface area contributed by atoms with Gasteiger partial charge in [-0.2, -0.15) is 0 Å². The van der Waals surface area contributed by atoms with Crippen molar-refractivity contribution in [3.05, 3.63) is 34.5 Å². The molecule has 0 bridgehead atoms. The van der Waals surface area contributed by atoms with E-state index in [0.717, 1.165) is 16.5 Å². The molecule has 0 aliphatic heterocycles. The van der Waals surface area contributed by atoms with Crippen LogP contribution in [0.2, 0.25) is 0 Å². The molecule has 3 heteroatoms. The first-order valence-electron chi connectivity index (χ1n) is 6.83. The summed E-state index contributed by atoms with van der Waals surface area (Å²) in [4.78, 5) is 14.2. The molecule has 1 heterocycles. The number of aryl methyl sites for hydroxylation is 3. The van der Waals surface area contributed by atoms with Crippen molar-refractivity contribution in [2.45, 2.75) is 48.5 Å². The van der Waals surface area contributed by atoms with Crippen LogP contribution in [0.3, 0.4) is 0 Å². The summed E-state index contributed by atoms with van der Waals surface area (Å²) in [6, 6.07) is 3.92. The highest BCUT2D eigenvalue weighted by atomic mass is 16.4. The number of rotatable bonds is 1. The Balaban J connectivity index is 0.000000741. The number of aromatic amines is 1. The second-order valence-electron chi connectivity index (χ2n) is 3.91. The summed E-state index contributed by atoms with van der Waals surface area (Å²) < 4.78 is 0. The molecule has 0 saturated carbocycles. The Hall–Kier alpha value is -1.77. The third-order valence-electron chi connectivity index (χ3n) is 2.81. The van der Waals surface area contributed by atoms with Crippen LogP contribution in [0, 0.1) is 20.8 Å². The second kappa shape index (κ2) is 7.62. The van der Waals surface area contributed by atoms with E-state index in [1.807, 2.05) is 53.7 Å². The van der Waals surface area contributed by atoms with Gasteiger partial charge in [-0.25, -0.2) is 4.79 Å². The Morgan fingerprint density at radius 3 is 1.95 bits per heavy atom.